The van der Waals surface area contributed by atoms with E-state index < -0.39 is 34.1 Å². The molecule has 0 saturated carbocycles. The minimum Gasteiger partial charge on any atom is -0.247 e. The van der Waals surface area contributed by atoms with Gasteiger partial charge < -0.3 is 0 Å². The van der Waals surface area contributed by atoms with Crippen LogP contribution in [-0.2, 0) is 39.3 Å². The Bertz CT molecular complexity index is 1400. The van der Waals surface area contributed by atoms with Crippen LogP contribution in [0, 0.1) is 0 Å². The van der Waals surface area contributed by atoms with Gasteiger partial charge in [-0.3, -0.25) is 0 Å². The Hall–Kier alpha value is -4.22. The predicted molar refractivity (Wildman–Crippen MR) is 156 cm³/mol. The summed E-state index contributed by atoms with van der Waals surface area (Å²) in [5, 5.41) is 0. The van der Waals surface area contributed by atoms with E-state index in [1.807, 2.05) is 0 Å². The van der Waals surface area contributed by atoms with E-state index in [2.05, 4.69) is 0 Å². The highest BCUT2D eigenvalue weighted by Gasteiger charge is 2.15. The molecule has 0 bridgehead atoms. The zero-order chi connectivity index (χ0) is 29.7. The lowest BCUT2D eigenvalue weighted by atomic mass is 10.2. The van der Waals surface area contributed by atoms with Gasteiger partial charge in [-0.15, -0.1) is 0 Å². The standard InChI is InChI=1S/C28H40N6O6/c1-5-9-17-29-23(35)30(18-10-6-2)26(38)33(25(29)37)21-15-13-14-16-22-34-27(39)31(19-11-7-3)24(36)32(28(34)40)20-12-8-4/h5-12H,13-22H2,1-4H3. The first kappa shape index (κ1) is 32.0. The van der Waals surface area contributed by atoms with Crippen LogP contribution in [-0.4, -0.2) is 27.4 Å². The Kier molecular flexibility index (Phi) is 12.8. The van der Waals surface area contributed by atoms with Gasteiger partial charge in [0.2, 0.25) is 0 Å². The average molecular weight is 557 g/mol. The quantitative estimate of drug-likeness (QED) is 0.239. The van der Waals surface area contributed by atoms with Gasteiger partial charge in [0.1, 0.15) is 0 Å². The molecule has 218 valence electrons. The highest BCUT2D eigenvalue weighted by atomic mass is 16.2. The van der Waals surface area contributed by atoms with Crippen molar-refractivity contribution in [2.75, 3.05) is 0 Å². The molecule has 12 nitrogen and oxygen atoms in total. The van der Waals surface area contributed by atoms with Gasteiger partial charge >= 0.3 is 34.1 Å². The van der Waals surface area contributed by atoms with Crippen molar-refractivity contribution >= 4 is 0 Å². The highest BCUT2D eigenvalue weighted by Crippen LogP contribution is 2.01. The highest BCUT2D eigenvalue weighted by molar-refractivity contribution is 4.89. The first-order valence-electron chi connectivity index (χ1n) is 13.6. The molecule has 0 aromatic carbocycles. The van der Waals surface area contributed by atoms with Gasteiger partial charge in [-0.05, 0) is 40.5 Å². The molecular weight excluding hydrogens is 516 g/mol. The van der Waals surface area contributed by atoms with Crippen LogP contribution in [0.4, 0.5) is 0 Å². The SMILES string of the molecule is CC=CCn1c(=O)n(CC=CC)c(=O)n(CCCCCCn2c(=O)n(CC=CC)c(=O)n(CC=CC)c2=O)c1=O. The molecule has 2 aromatic heterocycles. The Morgan fingerprint density at radius 3 is 0.825 bits per heavy atom. The second kappa shape index (κ2) is 16.0. The normalized spacial score (nSPS) is 12.2. The lowest BCUT2D eigenvalue weighted by molar-refractivity contribution is 0.440. The maximum absolute atomic E-state index is 12.9. The second-order valence-electron chi connectivity index (χ2n) is 9.13. The van der Waals surface area contributed by atoms with E-state index in [-0.39, 0.29) is 39.3 Å². The number of hydrogen-bond acceptors (Lipinski definition) is 6. The fraction of sp³-hybridized carbons (Fsp3) is 0.500. The summed E-state index contributed by atoms with van der Waals surface area (Å²) in [7, 11) is 0. The van der Waals surface area contributed by atoms with Gasteiger partial charge in [-0.1, -0.05) is 61.4 Å². The predicted octanol–water partition coefficient (Wildman–Crippen LogP) is 1.22. The average Bonchev–Trinajstić information content (AvgIpc) is 2.93. The largest absolute Gasteiger partial charge is 0.336 e. The van der Waals surface area contributed by atoms with Gasteiger partial charge in [0.15, 0.2) is 0 Å². The fourth-order valence-electron chi connectivity index (χ4n) is 4.11. The number of aromatic nitrogens is 6. The number of hydrogen-bond donors (Lipinski definition) is 0. The number of allylic oxidation sites excluding steroid dienone is 8. The minimum atomic E-state index is -0.651. The van der Waals surface area contributed by atoms with Crippen LogP contribution in [0.25, 0.3) is 0 Å². The van der Waals surface area contributed by atoms with Crippen molar-refractivity contribution in [3.63, 3.8) is 0 Å². The Labute approximate surface area is 231 Å². The van der Waals surface area contributed by atoms with E-state index in [0.717, 1.165) is 27.4 Å². The minimum absolute atomic E-state index is 0.0702. The van der Waals surface area contributed by atoms with Gasteiger partial charge in [0, 0.05) is 13.1 Å². The van der Waals surface area contributed by atoms with Gasteiger partial charge in [0.05, 0.1) is 26.2 Å². The molecule has 0 unspecified atom stereocenters. The van der Waals surface area contributed by atoms with Gasteiger partial charge in [-0.2, -0.15) is 0 Å². The zero-order valence-electron chi connectivity index (χ0n) is 23.8. The lowest BCUT2D eigenvalue weighted by Crippen LogP contribution is -2.54. The summed E-state index contributed by atoms with van der Waals surface area (Å²) in [4.78, 5) is 77.1. The molecular formula is C28H40N6O6. The van der Waals surface area contributed by atoms with Crippen LogP contribution in [0.5, 0.6) is 0 Å². The van der Waals surface area contributed by atoms with E-state index in [0.29, 0.717) is 25.7 Å². The molecule has 0 fully saturated rings. The molecule has 0 aliphatic heterocycles. The molecule has 40 heavy (non-hydrogen) atoms. The molecule has 0 aliphatic carbocycles. The summed E-state index contributed by atoms with van der Waals surface area (Å²) in [6.45, 7) is 7.67. The monoisotopic (exact) mass is 556 g/mol. The number of unbranched alkanes of at least 4 members (excludes halogenated alkanes) is 3. The smallest absolute Gasteiger partial charge is 0.247 e. The summed E-state index contributed by atoms with van der Waals surface area (Å²) < 4.78 is 6.32. The van der Waals surface area contributed by atoms with Crippen LogP contribution in [0.3, 0.4) is 0 Å². The van der Waals surface area contributed by atoms with Crippen molar-refractivity contribution in [1.29, 1.82) is 0 Å². The lowest BCUT2D eigenvalue weighted by Gasteiger charge is -2.13. The third-order valence-corrected chi connectivity index (χ3v) is 6.38. The zero-order valence-corrected chi connectivity index (χ0v) is 23.8. The number of nitrogens with zero attached hydrogens (tertiary/aromatic N) is 6. The molecule has 12 heteroatoms. The van der Waals surface area contributed by atoms with Crippen LogP contribution in [0.15, 0.2) is 77.4 Å². The van der Waals surface area contributed by atoms with E-state index >= 15 is 0 Å². The van der Waals surface area contributed by atoms with Crippen LogP contribution in [0.2, 0.25) is 0 Å². The third-order valence-electron chi connectivity index (χ3n) is 6.38. The molecule has 0 radical (unpaired) electrons. The summed E-state index contributed by atoms with van der Waals surface area (Å²) in [6.07, 6.45) is 15.8. The molecule has 2 aromatic rings. The molecule has 0 amide bonds. The van der Waals surface area contributed by atoms with E-state index in [4.69, 9.17) is 0 Å². The molecule has 0 saturated heterocycles. The fourth-order valence-corrected chi connectivity index (χ4v) is 4.11. The first-order valence-corrected chi connectivity index (χ1v) is 13.6. The van der Waals surface area contributed by atoms with Crippen molar-refractivity contribution in [3.8, 4) is 0 Å². The molecule has 0 N–H and O–H groups in total. The molecule has 0 aliphatic rings. The Balaban J connectivity index is 2.19. The second-order valence-corrected chi connectivity index (χ2v) is 9.13. The summed E-state index contributed by atoms with van der Waals surface area (Å²) in [6, 6.07) is 0. The first-order chi connectivity index (χ1) is 19.2. The van der Waals surface area contributed by atoms with Crippen molar-refractivity contribution in [2.24, 2.45) is 0 Å². The maximum atomic E-state index is 12.9. The maximum Gasteiger partial charge on any atom is 0.336 e. The van der Waals surface area contributed by atoms with Crippen molar-refractivity contribution in [1.82, 2.24) is 27.4 Å². The Morgan fingerprint density at radius 1 is 0.375 bits per heavy atom. The van der Waals surface area contributed by atoms with Crippen molar-refractivity contribution in [2.45, 2.75) is 92.6 Å². The van der Waals surface area contributed by atoms with Crippen molar-refractivity contribution < 1.29 is 0 Å². The molecule has 0 spiro atoms. The van der Waals surface area contributed by atoms with Crippen LogP contribution in [0.1, 0.15) is 53.4 Å². The molecule has 0 atom stereocenters. The summed E-state index contributed by atoms with van der Waals surface area (Å²) >= 11 is 0. The van der Waals surface area contributed by atoms with Gasteiger partial charge in [0.25, 0.3) is 0 Å². The van der Waals surface area contributed by atoms with Crippen LogP contribution < -0.4 is 34.1 Å². The summed E-state index contributed by atoms with van der Waals surface area (Å²) in [5.41, 5.74) is -3.90. The molecule has 2 rings (SSSR count). The topological polar surface area (TPSA) is 132 Å². The van der Waals surface area contributed by atoms with E-state index in [1.54, 1.807) is 76.3 Å². The third kappa shape index (κ3) is 7.67. The number of rotatable bonds is 15. The Morgan fingerprint density at radius 2 is 0.600 bits per heavy atom. The summed E-state index contributed by atoms with van der Waals surface area (Å²) in [5.74, 6) is 0. The van der Waals surface area contributed by atoms with E-state index in [9.17, 15) is 28.8 Å². The van der Waals surface area contributed by atoms with Crippen LogP contribution >= 0.6 is 0 Å². The molecule has 2 heterocycles. The van der Waals surface area contributed by atoms with Crippen molar-refractivity contribution in [3.05, 3.63) is 112 Å². The van der Waals surface area contributed by atoms with E-state index in [1.165, 1.54) is 0 Å². The van der Waals surface area contributed by atoms with Gasteiger partial charge in [-0.25, -0.2) is 56.2 Å².